The molecule has 54 valence electrons. The van der Waals surface area contributed by atoms with E-state index in [9.17, 15) is 8.42 Å². The van der Waals surface area contributed by atoms with Crippen molar-refractivity contribution in [1.29, 1.82) is 0 Å². The van der Waals surface area contributed by atoms with Crippen molar-refractivity contribution in [3.05, 3.63) is 11.6 Å². The molecule has 0 saturated heterocycles. The van der Waals surface area contributed by atoms with Gasteiger partial charge in [0, 0.05) is 5.57 Å². The maximum absolute atomic E-state index is 10.9. The maximum Gasteiger partial charge on any atom is 0.155 e. The molecule has 0 amide bonds. The Kier molecular flexibility index (Phi) is 1.82. The van der Waals surface area contributed by atoms with E-state index in [4.69, 9.17) is 6.42 Å². The molecule has 1 heterocycles. The van der Waals surface area contributed by atoms with E-state index in [0.29, 0.717) is 12.0 Å². The van der Waals surface area contributed by atoms with Gasteiger partial charge in [-0.15, -0.1) is 6.42 Å². The molecule has 1 aliphatic heterocycles. The lowest BCUT2D eigenvalue weighted by molar-refractivity contribution is 0.596. The summed E-state index contributed by atoms with van der Waals surface area (Å²) in [5.74, 6) is 2.65. The van der Waals surface area contributed by atoms with Gasteiger partial charge in [-0.05, 0) is 6.42 Å². The average molecular weight is 156 g/mol. The molecular formula is C7H8O2S. The Hall–Kier alpha value is -0.750. The van der Waals surface area contributed by atoms with Crippen LogP contribution >= 0.6 is 0 Å². The summed E-state index contributed by atoms with van der Waals surface area (Å²) < 4.78 is 21.8. The van der Waals surface area contributed by atoms with E-state index in [1.807, 2.05) is 0 Å². The van der Waals surface area contributed by atoms with E-state index >= 15 is 0 Å². The fraction of sp³-hybridized carbons (Fsp3) is 0.429. The van der Waals surface area contributed by atoms with Crippen LogP contribution < -0.4 is 0 Å². The van der Waals surface area contributed by atoms with Gasteiger partial charge < -0.3 is 0 Å². The molecule has 0 saturated carbocycles. The molecule has 0 aliphatic carbocycles. The zero-order chi connectivity index (χ0) is 7.61. The third-order valence-corrected chi connectivity index (χ3v) is 2.99. The largest absolute Gasteiger partial charge is 0.228 e. The summed E-state index contributed by atoms with van der Waals surface area (Å²) in [5, 5.41) is 0. The predicted octanol–water partition coefficient (Wildman–Crippen LogP) is 0.365. The van der Waals surface area contributed by atoms with Gasteiger partial charge in [-0.3, -0.25) is 0 Å². The van der Waals surface area contributed by atoms with Crippen LogP contribution in [0.3, 0.4) is 0 Å². The summed E-state index contributed by atoms with van der Waals surface area (Å²) in [7, 11) is -2.85. The van der Waals surface area contributed by atoms with E-state index in [0.717, 1.165) is 0 Å². The first-order valence-corrected chi connectivity index (χ1v) is 4.82. The van der Waals surface area contributed by atoms with Gasteiger partial charge in [0.1, 0.15) is 0 Å². The highest BCUT2D eigenvalue weighted by molar-refractivity contribution is 7.91. The normalized spacial score (nSPS) is 22.9. The maximum atomic E-state index is 10.9. The van der Waals surface area contributed by atoms with Crippen LogP contribution in [0.2, 0.25) is 0 Å². The summed E-state index contributed by atoms with van der Waals surface area (Å²) in [4.78, 5) is 0. The molecule has 0 aromatic carbocycles. The number of allylic oxidation sites excluding steroid dienone is 1. The van der Waals surface area contributed by atoms with Crippen LogP contribution in [-0.2, 0) is 9.84 Å². The molecule has 0 bridgehead atoms. The minimum absolute atomic E-state index is 0.0590. The number of hydrogen-bond acceptors (Lipinski definition) is 2. The number of sulfone groups is 1. The van der Waals surface area contributed by atoms with Crippen LogP contribution in [0.1, 0.15) is 6.42 Å². The average Bonchev–Trinajstić information content (AvgIpc) is 1.86. The lowest BCUT2D eigenvalue weighted by Crippen LogP contribution is -2.15. The molecule has 0 atom stereocenters. The molecule has 1 rings (SSSR count). The number of rotatable bonds is 0. The van der Waals surface area contributed by atoms with Crippen LogP contribution in [0.5, 0.6) is 0 Å². The second-order valence-electron chi connectivity index (χ2n) is 2.25. The van der Waals surface area contributed by atoms with E-state index in [-0.39, 0.29) is 11.5 Å². The SMILES string of the molecule is C#CC1=CCCS(=O)(=O)C1. The molecule has 2 nitrogen and oxygen atoms in total. The Bertz CT molecular complexity index is 290. The third kappa shape index (κ3) is 1.61. The molecular weight excluding hydrogens is 148 g/mol. The van der Waals surface area contributed by atoms with Crippen LogP contribution in [0.25, 0.3) is 0 Å². The zero-order valence-electron chi connectivity index (χ0n) is 5.50. The highest BCUT2D eigenvalue weighted by Gasteiger charge is 2.15. The molecule has 1 aliphatic rings. The highest BCUT2D eigenvalue weighted by Crippen LogP contribution is 2.09. The van der Waals surface area contributed by atoms with Gasteiger partial charge >= 0.3 is 0 Å². The van der Waals surface area contributed by atoms with Crippen LogP contribution in [0.4, 0.5) is 0 Å². The fourth-order valence-electron chi connectivity index (χ4n) is 0.881. The van der Waals surface area contributed by atoms with E-state index in [2.05, 4.69) is 5.92 Å². The first kappa shape index (κ1) is 7.36. The number of terminal acetylenes is 1. The minimum atomic E-state index is -2.85. The van der Waals surface area contributed by atoms with Crippen molar-refractivity contribution in [1.82, 2.24) is 0 Å². The molecule has 3 heteroatoms. The lowest BCUT2D eigenvalue weighted by Gasteiger charge is -2.07. The van der Waals surface area contributed by atoms with Crippen molar-refractivity contribution in [2.75, 3.05) is 11.5 Å². The molecule has 10 heavy (non-hydrogen) atoms. The van der Waals surface area contributed by atoms with Crippen molar-refractivity contribution in [2.45, 2.75) is 6.42 Å². The van der Waals surface area contributed by atoms with Crippen LogP contribution in [-0.4, -0.2) is 19.9 Å². The Balaban J connectivity index is 2.89. The van der Waals surface area contributed by atoms with Gasteiger partial charge in [-0.2, -0.15) is 0 Å². The van der Waals surface area contributed by atoms with E-state index in [1.165, 1.54) is 0 Å². The second-order valence-corrected chi connectivity index (χ2v) is 4.44. The molecule has 0 spiro atoms. The van der Waals surface area contributed by atoms with E-state index in [1.54, 1.807) is 6.08 Å². The first-order valence-electron chi connectivity index (χ1n) is 3.00. The van der Waals surface area contributed by atoms with Crippen LogP contribution in [0, 0.1) is 12.3 Å². The third-order valence-electron chi connectivity index (χ3n) is 1.38. The molecule has 0 fully saturated rings. The zero-order valence-corrected chi connectivity index (χ0v) is 6.32. The molecule has 0 aromatic rings. The minimum Gasteiger partial charge on any atom is -0.228 e. The van der Waals surface area contributed by atoms with Crippen molar-refractivity contribution in [3.63, 3.8) is 0 Å². The monoisotopic (exact) mass is 156 g/mol. The standard InChI is InChI=1S/C7H8O2S/c1-2-7-4-3-5-10(8,9)6-7/h1,4H,3,5-6H2. The van der Waals surface area contributed by atoms with Gasteiger partial charge in [0.15, 0.2) is 9.84 Å². The van der Waals surface area contributed by atoms with Crippen molar-refractivity contribution in [2.24, 2.45) is 0 Å². The van der Waals surface area contributed by atoms with Gasteiger partial charge in [0.05, 0.1) is 11.5 Å². The molecule has 0 aromatic heterocycles. The van der Waals surface area contributed by atoms with E-state index < -0.39 is 9.84 Å². The molecule has 0 unspecified atom stereocenters. The topological polar surface area (TPSA) is 34.1 Å². The summed E-state index contributed by atoms with van der Waals surface area (Å²) in [6, 6.07) is 0. The second kappa shape index (κ2) is 2.47. The quantitative estimate of drug-likeness (QED) is 0.475. The van der Waals surface area contributed by atoms with Crippen molar-refractivity contribution in [3.8, 4) is 12.3 Å². The highest BCUT2D eigenvalue weighted by atomic mass is 32.2. The van der Waals surface area contributed by atoms with Gasteiger partial charge in [-0.25, -0.2) is 8.42 Å². The smallest absolute Gasteiger partial charge is 0.155 e. The summed E-state index contributed by atoms with van der Waals surface area (Å²) in [6.07, 6.45) is 7.42. The summed E-state index contributed by atoms with van der Waals surface area (Å²) >= 11 is 0. The fourth-order valence-corrected chi connectivity index (χ4v) is 2.18. The molecule has 0 radical (unpaired) electrons. The Labute approximate surface area is 60.9 Å². The summed E-state index contributed by atoms with van der Waals surface area (Å²) in [6.45, 7) is 0. The van der Waals surface area contributed by atoms with Gasteiger partial charge in [-0.1, -0.05) is 12.0 Å². The first-order chi connectivity index (χ1) is 4.64. The van der Waals surface area contributed by atoms with Gasteiger partial charge in [0.25, 0.3) is 0 Å². The molecule has 0 N–H and O–H groups in total. The number of hydrogen-bond donors (Lipinski definition) is 0. The Morgan fingerprint density at radius 2 is 2.30 bits per heavy atom. The lowest BCUT2D eigenvalue weighted by atomic mass is 10.2. The Morgan fingerprint density at radius 3 is 2.70 bits per heavy atom. The Morgan fingerprint density at radius 1 is 1.60 bits per heavy atom. The van der Waals surface area contributed by atoms with Crippen LogP contribution in [0.15, 0.2) is 11.6 Å². The van der Waals surface area contributed by atoms with Crippen molar-refractivity contribution >= 4 is 9.84 Å². The summed E-state index contributed by atoms with van der Waals surface area (Å²) in [5.41, 5.74) is 0.603. The predicted molar refractivity (Wildman–Crippen MR) is 40.2 cm³/mol. The van der Waals surface area contributed by atoms with Gasteiger partial charge in [0.2, 0.25) is 0 Å². The van der Waals surface area contributed by atoms with Crippen molar-refractivity contribution < 1.29 is 8.42 Å².